The van der Waals surface area contributed by atoms with Crippen molar-refractivity contribution in [2.24, 2.45) is 0 Å². The van der Waals surface area contributed by atoms with Gasteiger partial charge < -0.3 is 5.32 Å². The summed E-state index contributed by atoms with van der Waals surface area (Å²) in [5, 5.41) is 4.28. The highest BCUT2D eigenvalue weighted by Gasteiger charge is 2.24. The number of amides is 1. The molecule has 0 radical (unpaired) electrons. The van der Waals surface area contributed by atoms with Crippen LogP contribution in [0.1, 0.15) is 22.1 Å². The van der Waals surface area contributed by atoms with E-state index in [4.69, 9.17) is 11.6 Å². The molecule has 1 N–H and O–H groups in total. The Morgan fingerprint density at radius 2 is 1.77 bits per heavy atom. The van der Waals surface area contributed by atoms with Crippen molar-refractivity contribution < 1.29 is 4.79 Å². The lowest BCUT2D eigenvalue weighted by molar-refractivity contribution is -0.115. The lowest BCUT2D eigenvalue weighted by Gasteiger charge is -2.20. The number of rotatable bonds is 8. The van der Waals surface area contributed by atoms with E-state index in [0.29, 0.717) is 5.02 Å². The molecular formula is C23H23ClN2OS3. The van der Waals surface area contributed by atoms with Gasteiger partial charge in [0.15, 0.2) is 0 Å². The molecule has 0 spiro atoms. The zero-order valence-corrected chi connectivity index (χ0v) is 20.2. The number of aromatic nitrogens is 1. The summed E-state index contributed by atoms with van der Waals surface area (Å²) in [5.41, 5.74) is 3.83. The average Bonchev–Trinajstić information content (AvgIpc) is 2.76. The van der Waals surface area contributed by atoms with Crippen LogP contribution in [0, 0.1) is 6.92 Å². The van der Waals surface area contributed by atoms with Crippen LogP contribution in [0.3, 0.4) is 0 Å². The van der Waals surface area contributed by atoms with Crippen molar-refractivity contribution in [1.82, 2.24) is 4.98 Å². The topological polar surface area (TPSA) is 42.0 Å². The highest BCUT2D eigenvalue weighted by atomic mass is 35.5. The summed E-state index contributed by atoms with van der Waals surface area (Å²) in [6.07, 6.45) is 3.98. The summed E-state index contributed by atoms with van der Waals surface area (Å²) in [7, 11) is 0. The number of benzene rings is 2. The molecule has 0 bridgehead atoms. The number of carbonyl (C=O) groups excluding carboxylic acids is 1. The molecule has 0 aliphatic rings. The summed E-state index contributed by atoms with van der Waals surface area (Å²) in [6, 6.07) is 19.7. The summed E-state index contributed by atoms with van der Waals surface area (Å²) < 4.78 is 0. The first-order chi connectivity index (χ1) is 14.5. The molecule has 156 valence electrons. The smallest absolute Gasteiger partial charge is 0.242 e. The van der Waals surface area contributed by atoms with Crippen molar-refractivity contribution in [3.8, 4) is 0 Å². The van der Waals surface area contributed by atoms with Gasteiger partial charge in [-0.3, -0.25) is 4.79 Å². The van der Waals surface area contributed by atoms with Crippen molar-refractivity contribution in [3.63, 3.8) is 0 Å². The minimum atomic E-state index is -0.367. The van der Waals surface area contributed by atoms with Crippen LogP contribution < -0.4 is 5.32 Å². The summed E-state index contributed by atoms with van der Waals surface area (Å²) in [4.78, 5) is 19.0. The van der Waals surface area contributed by atoms with Gasteiger partial charge in [0.2, 0.25) is 5.91 Å². The second-order valence-corrected chi connectivity index (χ2v) is 9.74. The molecule has 0 aliphatic carbocycles. The fourth-order valence-electron chi connectivity index (χ4n) is 2.94. The molecule has 1 unspecified atom stereocenters. The van der Waals surface area contributed by atoms with Gasteiger partial charge in [-0.1, -0.05) is 54.1 Å². The minimum Gasteiger partial charge on any atom is -0.322 e. The van der Waals surface area contributed by atoms with Gasteiger partial charge in [0, 0.05) is 21.4 Å². The van der Waals surface area contributed by atoms with Crippen LogP contribution in [0.5, 0.6) is 0 Å². The molecule has 0 fully saturated rings. The number of pyridine rings is 1. The monoisotopic (exact) mass is 474 g/mol. The van der Waals surface area contributed by atoms with Gasteiger partial charge in [0.05, 0.1) is 5.69 Å². The van der Waals surface area contributed by atoms with E-state index in [0.717, 1.165) is 32.6 Å². The highest BCUT2D eigenvalue weighted by molar-refractivity contribution is 8.00. The number of anilines is 1. The molecule has 0 saturated heterocycles. The average molecular weight is 475 g/mol. The molecule has 3 rings (SSSR count). The largest absolute Gasteiger partial charge is 0.322 e. The van der Waals surface area contributed by atoms with Gasteiger partial charge in [0.25, 0.3) is 0 Å². The molecule has 0 saturated carbocycles. The molecule has 7 heteroatoms. The SMILES string of the molecule is CSc1cc(C)nc(SC)c1NC(=O)C(SCc1ccccc1)c1ccc(Cl)cc1. The predicted molar refractivity (Wildman–Crippen MR) is 133 cm³/mol. The zero-order chi connectivity index (χ0) is 21.5. The molecule has 3 nitrogen and oxygen atoms in total. The third-order valence-corrected chi connectivity index (χ3v) is 7.43. The van der Waals surface area contributed by atoms with Crippen molar-refractivity contribution in [1.29, 1.82) is 0 Å². The Morgan fingerprint density at radius 3 is 2.40 bits per heavy atom. The van der Waals surface area contributed by atoms with Crippen LogP contribution in [0.2, 0.25) is 5.02 Å². The van der Waals surface area contributed by atoms with Crippen molar-refractivity contribution >= 4 is 58.5 Å². The van der Waals surface area contributed by atoms with E-state index in [1.165, 1.54) is 17.3 Å². The second kappa shape index (κ2) is 11.1. The first-order valence-electron chi connectivity index (χ1n) is 9.33. The maximum absolute atomic E-state index is 13.4. The second-order valence-electron chi connectivity index (χ2n) is 6.57. The molecule has 0 aliphatic heterocycles. The van der Waals surface area contributed by atoms with E-state index < -0.39 is 0 Å². The Morgan fingerprint density at radius 1 is 1.07 bits per heavy atom. The van der Waals surface area contributed by atoms with Crippen LogP contribution >= 0.6 is 46.9 Å². The van der Waals surface area contributed by atoms with Crippen LogP contribution in [0.4, 0.5) is 5.69 Å². The Labute approximate surface area is 195 Å². The number of thioether (sulfide) groups is 3. The van der Waals surface area contributed by atoms with E-state index in [1.54, 1.807) is 23.5 Å². The third kappa shape index (κ3) is 5.97. The number of halogens is 1. The maximum atomic E-state index is 13.4. The quantitative estimate of drug-likeness (QED) is 0.352. The zero-order valence-electron chi connectivity index (χ0n) is 17.0. The minimum absolute atomic E-state index is 0.0606. The Bertz CT molecular complexity index is 972. The van der Waals surface area contributed by atoms with Gasteiger partial charge in [-0.15, -0.1) is 35.3 Å². The van der Waals surface area contributed by atoms with E-state index in [1.807, 2.05) is 68.0 Å². The lowest BCUT2D eigenvalue weighted by Crippen LogP contribution is -2.20. The van der Waals surface area contributed by atoms with Crippen LogP contribution in [0.15, 0.2) is 70.6 Å². The van der Waals surface area contributed by atoms with Gasteiger partial charge in [-0.2, -0.15) is 0 Å². The molecule has 3 aromatic rings. The molecule has 1 aromatic heterocycles. The van der Waals surface area contributed by atoms with Crippen molar-refractivity contribution in [3.05, 3.63) is 82.5 Å². The number of carbonyl (C=O) groups is 1. The Hall–Kier alpha value is -1.60. The van der Waals surface area contributed by atoms with Crippen molar-refractivity contribution in [2.45, 2.75) is 27.8 Å². The van der Waals surface area contributed by atoms with Crippen LogP contribution in [0.25, 0.3) is 0 Å². The number of hydrogen-bond donors (Lipinski definition) is 1. The van der Waals surface area contributed by atoms with Crippen LogP contribution in [-0.4, -0.2) is 23.4 Å². The standard InChI is InChI=1S/C23H23ClN2OS3/c1-15-13-19(28-2)20(23(25-15)29-3)26-22(27)21(17-9-11-18(24)12-10-17)30-14-16-7-5-4-6-8-16/h4-13,21H,14H2,1-3H3,(H,26,27). The normalized spacial score (nSPS) is 11.9. The van der Waals surface area contributed by atoms with Crippen LogP contribution in [-0.2, 0) is 10.5 Å². The van der Waals surface area contributed by atoms with Gasteiger partial charge >= 0.3 is 0 Å². The van der Waals surface area contributed by atoms with Crippen molar-refractivity contribution in [2.75, 3.05) is 17.8 Å². The lowest BCUT2D eigenvalue weighted by atomic mass is 10.1. The van der Waals surface area contributed by atoms with Gasteiger partial charge in [0.1, 0.15) is 10.3 Å². The summed E-state index contributed by atoms with van der Waals surface area (Å²) >= 11 is 10.8. The number of aryl methyl sites for hydroxylation is 1. The number of hydrogen-bond acceptors (Lipinski definition) is 5. The van der Waals surface area contributed by atoms with E-state index in [9.17, 15) is 4.79 Å². The number of nitrogens with zero attached hydrogens (tertiary/aromatic N) is 1. The van der Waals surface area contributed by atoms with Gasteiger partial charge in [-0.25, -0.2) is 4.98 Å². The summed E-state index contributed by atoms with van der Waals surface area (Å²) in [5.74, 6) is 0.674. The summed E-state index contributed by atoms with van der Waals surface area (Å²) in [6.45, 7) is 1.97. The van der Waals surface area contributed by atoms with E-state index in [2.05, 4.69) is 22.4 Å². The molecule has 1 heterocycles. The first-order valence-corrected chi connectivity index (χ1v) is 13.2. The van der Waals surface area contributed by atoms with E-state index >= 15 is 0 Å². The maximum Gasteiger partial charge on any atom is 0.242 e. The van der Waals surface area contributed by atoms with E-state index in [-0.39, 0.29) is 11.2 Å². The molecule has 1 atom stereocenters. The fraction of sp³-hybridized carbons (Fsp3) is 0.217. The number of nitrogens with one attached hydrogen (secondary N) is 1. The first kappa shape index (κ1) is 23.1. The molecule has 1 amide bonds. The third-order valence-electron chi connectivity index (χ3n) is 4.41. The predicted octanol–water partition coefficient (Wildman–Crippen LogP) is 7.10. The molecular weight excluding hydrogens is 452 g/mol. The fourth-order valence-corrected chi connectivity index (χ4v) is 5.49. The Balaban J connectivity index is 1.89. The van der Waals surface area contributed by atoms with Gasteiger partial charge in [-0.05, 0) is 48.8 Å². The molecule has 30 heavy (non-hydrogen) atoms. The Kier molecular flexibility index (Phi) is 8.57. The highest BCUT2D eigenvalue weighted by Crippen LogP contribution is 2.37. The molecule has 2 aromatic carbocycles.